The third-order valence-electron chi connectivity index (χ3n) is 3.74. The van der Waals surface area contributed by atoms with E-state index in [4.69, 9.17) is 9.84 Å². The van der Waals surface area contributed by atoms with Gasteiger partial charge in [0.1, 0.15) is 5.82 Å². The summed E-state index contributed by atoms with van der Waals surface area (Å²) in [7, 11) is -3.80. The molecule has 0 unspecified atom stereocenters. The van der Waals surface area contributed by atoms with E-state index < -0.39 is 21.9 Å². The number of benzene rings is 2. The SMILES string of the molecule is Cc1ccc([C@@H](CNS(=O)(=O)c2ccc(F)cc2C)OCCO)cc1. The molecule has 1 atom stereocenters. The molecule has 0 aromatic heterocycles. The molecule has 0 fully saturated rings. The zero-order valence-corrected chi connectivity index (χ0v) is 15.0. The second kappa shape index (κ2) is 8.53. The van der Waals surface area contributed by atoms with Crippen molar-refractivity contribution in [3.63, 3.8) is 0 Å². The molecule has 2 aromatic carbocycles. The molecule has 0 saturated heterocycles. The Morgan fingerprint density at radius 2 is 1.84 bits per heavy atom. The molecular formula is C18H22FNO4S. The Hall–Kier alpha value is -1.80. The molecule has 0 amide bonds. The number of nitrogens with one attached hydrogen (secondary N) is 1. The lowest BCUT2D eigenvalue weighted by Gasteiger charge is -2.19. The summed E-state index contributed by atoms with van der Waals surface area (Å²) in [5.74, 6) is -0.486. The van der Waals surface area contributed by atoms with Gasteiger partial charge >= 0.3 is 0 Å². The molecular weight excluding hydrogens is 345 g/mol. The van der Waals surface area contributed by atoms with Crippen LogP contribution in [0.15, 0.2) is 47.4 Å². The second-order valence-corrected chi connectivity index (χ2v) is 7.49. The fourth-order valence-electron chi connectivity index (χ4n) is 2.43. The van der Waals surface area contributed by atoms with Crippen molar-refractivity contribution in [2.45, 2.75) is 24.8 Å². The van der Waals surface area contributed by atoms with Gasteiger partial charge in [0, 0.05) is 6.54 Å². The van der Waals surface area contributed by atoms with Crippen LogP contribution in [-0.2, 0) is 14.8 Å². The van der Waals surface area contributed by atoms with E-state index in [2.05, 4.69) is 4.72 Å². The van der Waals surface area contributed by atoms with Crippen molar-refractivity contribution >= 4 is 10.0 Å². The van der Waals surface area contributed by atoms with Crippen molar-refractivity contribution < 1.29 is 22.7 Å². The minimum Gasteiger partial charge on any atom is -0.394 e. The first-order valence-electron chi connectivity index (χ1n) is 7.88. The molecule has 136 valence electrons. The van der Waals surface area contributed by atoms with Gasteiger partial charge in [0.05, 0.1) is 24.2 Å². The lowest BCUT2D eigenvalue weighted by atomic mass is 10.1. The van der Waals surface area contributed by atoms with Crippen LogP contribution in [0, 0.1) is 19.7 Å². The first kappa shape index (κ1) is 19.5. The van der Waals surface area contributed by atoms with Gasteiger partial charge in [-0.25, -0.2) is 17.5 Å². The quantitative estimate of drug-likeness (QED) is 0.752. The molecule has 0 radical (unpaired) electrons. The second-order valence-electron chi connectivity index (χ2n) is 5.76. The Morgan fingerprint density at radius 1 is 1.16 bits per heavy atom. The van der Waals surface area contributed by atoms with Crippen LogP contribution in [0.1, 0.15) is 22.8 Å². The van der Waals surface area contributed by atoms with Crippen LogP contribution in [0.25, 0.3) is 0 Å². The van der Waals surface area contributed by atoms with Crippen LogP contribution in [0.5, 0.6) is 0 Å². The van der Waals surface area contributed by atoms with Gasteiger partial charge in [0.25, 0.3) is 0 Å². The van der Waals surface area contributed by atoms with Crippen molar-refractivity contribution in [2.24, 2.45) is 0 Å². The van der Waals surface area contributed by atoms with Crippen LogP contribution in [0.3, 0.4) is 0 Å². The van der Waals surface area contributed by atoms with E-state index >= 15 is 0 Å². The van der Waals surface area contributed by atoms with Crippen molar-refractivity contribution in [3.05, 3.63) is 65.0 Å². The third-order valence-corrected chi connectivity index (χ3v) is 5.33. The largest absolute Gasteiger partial charge is 0.394 e. The van der Waals surface area contributed by atoms with Gasteiger partial charge in [-0.2, -0.15) is 0 Å². The number of aliphatic hydroxyl groups is 1. The number of hydrogen-bond donors (Lipinski definition) is 2. The average molecular weight is 367 g/mol. The Labute approximate surface area is 147 Å². The normalized spacial score (nSPS) is 13.0. The highest BCUT2D eigenvalue weighted by atomic mass is 32.2. The molecule has 5 nitrogen and oxygen atoms in total. The maximum Gasteiger partial charge on any atom is 0.240 e. The Balaban J connectivity index is 2.17. The molecule has 0 aliphatic rings. The van der Waals surface area contributed by atoms with E-state index in [9.17, 15) is 12.8 Å². The van der Waals surface area contributed by atoms with E-state index in [1.165, 1.54) is 19.1 Å². The predicted molar refractivity (Wildman–Crippen MR) is 93.3 cm³/mol. The maximum absolute atomic E-state index is 13.2. The first-order chi connectivity index (χ1) is 11.8. The van der Waals surface area contributed by atoms with Crippen LogP contribution in [0.4, 0.5) is 4.39 Å². The highest BCUT2D eigenvalue weighted by Crippen LogP contribution is 2.20. The van der Waals surface area contributed by atoms with Gasteiger partial charge in [-0.05, 0) is 43.2 Å². The van der Waals surface area contributed by atoms with E-state index in [1.54, 1.807) is 0 Å². The van der Waals surface area contributed by atoms with Crippen molar-refractivity contribution in [3.8, 4) is 0 Å². The Kier molecular flexibility index (Phi) is 6.66. The smallest absolute Gasteiger partial charge is 0.240 e. The number of aryl methyl sites for hydroxylation is 2. The molecule has 0 spiro atoms. The van der Waals surface area contributed by atoms with Crippen molar-refractivity contribution in [1.29, 1.82) is 0 Å². The summed E-state index contributed by atoms with van der Waals surface area (Å²) < 4.78 is 46.2. The van der Waals surface area contributed by atoms with Crippen LogP contribution in [0.2, 0.25) is 0 Å². The fraction of sp³-hybridized carbons (Fsp3) is 0.333. The molecule has 0 aliphatic carbocycles. The highest BCUT2D eigenvalue weighted by Gasteiger charge is 2.20. The standard InChI is InChI=1S/C18H22FNO4S/c1-13-3-5-15(6-4-13)17(24-10-9-21)12-20-25(22,23)18-8-7-16(19)11-14(18)2/h3-8,11,17,20-21H,9-10,12H2,1-2H3/t17-/m1/s1. The number of ether oxygens (including phenoxy) is 1. The summed E-state index contributed by atoms with van der Waals surface area (Å²) in [6.45, 7) is 3.43. The maximum atomic E-state index is 13.2. The monoisotopic (exact) mass is 367 g/mol. The van der Waals surface area contributed by atoms with E-state index in [0.29, 0.717) is 5.56 Å². The molecule has 2 rings (SSSR count). The zero-order chi connectivity index (χ0) is 18.4. The average Bonchev–Trinajstić information content (AvgIpc) is 2.55. The lowest BCUT2D eigenvalue weighted by molar-refractivity contribution is 0.0309. The molecule has 0 bridgehead atoms. The summed E-state index contributed by atoms with van der Waals surface area (Å²) in [4.78, 5) is 0.0266. The minimum atomic E-state index is -3.80. The fourth-order valence-corrected chi connectivity index (χ4v) is 3.68. The van der Waals surface area contributed by atoms with E-state index in [-0.39, 0.29) is 24.7 Å². The first-order valence-corrected chi connectivity index (χ1v) is 9.36. The molecule has 25 heavy (non-hydrogen) atoms. The summed E-state index contributed by atoms with van der Waals surface area (Å²) in [5.41, 5.74) is 2.21. The Morgan fingerprint density at radius 3 is 2.44 bits per heavy atom. The van der Waals surface area contributed by atoms with Gasteiger partial charge in [-0.3, -0.25) is 0 Å². The lowest BCUT2D eigenvalue weighted by Crippen LogP contribution is -2.30. The number of halogens is 1. The van der Waals surface area contributed by atoms with Crippen LogP contribution in [-0.4, -0.2) is 33.3 Å². The van der Waals surface area contributed by atoms with Gasteiger partial charge in [0.2, 0.25) is 10.0 Å². The molecule has 0 saturated carbocycles. The molecule has 0 heterocycles. The summed E-state index contributed by atoms with van der Waals surface area (Å²) in [6, 6.07) is 11.0. The topological polar surface area (TPSA) is 75.6 Å². The summed E-state index contributed by atoms with van der Waals surface area (Å²) in [6.07, 6.45) is -0.539. The van der Waals surface area contributed by atoms with E-state index in [0.717, 1.165) is 17.2 Å². The molecule has 2 N–H and O–H groups in total. The molecule has 0 aliphatic heterocycles. The minimum absolute atomic E-state index is 0.00219. The van der Waals surface area contributed by atoms with E-state index in [1.807, 2.05) is 31.2 Å². The number of rotatable bonds is 8. The van der Waals surface area contributed by atoms with Crippen LogP contribution < -0.4 is 4.72 Å². The predicted octanol–water partition coefficient (Wildman–Crippen LogP) is 2.47. The summed E-state index contributed by atoms with van der Waals surface area (Å²) in [5, 5.41) is 8.98. The zero-order valence-electron chi connectivity index (χ0n) is 14.2. The van der Waals surface area contributed by atoms with Crippen LogP contribution >= 0.6 is 0 Å². The van der Waals surface area contributed by atoms with Gasteiger partial charge in [-0.15, -0.1) is 0 Å². The highest BCUT2D eigenvalue weighted by molar-refractivity contribution is 7.89. The van der Waals surface area contributed by atoms with Crippen molar-refractivity contribution in [1.82, 2.24) is 4.72 Å². The van der Waals surface area contributed by atoms with Gasteiger partial charge in [0.15, 0.2) is 0 Å². The van der Waals surface area contributed by atoms with Crippen molar-refractivity contribution in [2.75, 3.05) is 19.8 Å². The third kappa shape index (κ3) is 5.34. The number of hydrogen-bond acceptors (Lipinski definition) is 4. The van der Waals surface area contributed by atoms with Gasteiger partial charge in [-0.1, -0.05) is 29.8 Å². The number of sulfonamides is 1. The van der Waals surface area contributed by atoms with Gasteiger partial charge < -0.3 is 9.84 Å². The summed E-state index contributed by atoms with van der Waals surface area (Å²) >= 11 is 0. The molecule has 2 aromatic rings. The molecule has 7 heteroatoms. The Bertz CT molecular complexity index is 806. The number of aliphatic hydroxyl groups excluding tert-OH is 1.